The van der Waals surface area contributed by atoms with Gasteiger partial charge in [-0.3, -0.25) is 9.78 Å². The summed E-state index contributed by atoms with van der Waals surface area (Å²) in [4.78, 5) is 16.1. The summed E-state index contributed by atoms with van der Waals surface area (Å²) in [6.07, 6.45) is 1.64. The number of carbonyl (C=O) groups excluding carboxylic acids is 1. The summed E-state index contributed by atoms with van der Waals surface area (Å²) >= 11 is 3.39. The first-order valence-electron chi connectivity index (χ1n) is 5.56. The van der Waals surface area contributed by atoms with E-state index in [2.05, 4.69) is 26.2 Å². The lowest BCUT2D eigenvalue weighted by atomic mass is 10.1. The molecule has 0 fully saturated rings. The molecular formula is C14H13BrN2O. The lowest BCUT2D eigenvalue weighted by Crippen LogP contribution is -2.13. The van der Waals surface area contributed by atoms with Gasteiger partial charge in [0.2, 0.25) is 0 Å². The average Bonchev–Trinajstić information content (AvgIpc) is 2.34. The highest BCUT2D eigenvalue weighted by Gasteiger charge is 2.08. The summed E-state index contributed by atoms with van der Waals surface area (Å²) in [7, 11) is 0. The Morgan fingerprint density at radius 2 is 2.00 bits per heavy atom. The summed E-state index contributed by atoms with van der Waals surface area (Å²) in [5.41, 5.74) is 3.27. The number of benzene rings is 1. The van der Waals surface area contributed by atoms with Crippen LogP contribution in [0.2, 0.25) is 0 Å². The van der Waals surface area contributed by atoms with Gasteiger partial charge in [0.15, 0.2) is 0 Å². The van der Waals surface area contributed by atoms with E-state index in [1.807, 2.05) is 32.0 Å². The molecule has 2 rings (SSSR count). The van der Waals surface area contributed by atoms with Crippen LogP contribution in [0.15, 0.2) is 41.0 Å². The normalized spacial score (nSPS) is 10.2. The van der Waals surface area contributed by atoms with Crippen LogP contribution >= 0.6 is 15.9 Å². The van der Waals surface area contributed by atoms with Crippen molar-refractivity contribution in [1.29, 1.82) is 0 Å². The Hall–Kier alpha value is -1.68. The van der Waals surface area contributed by atoms with Gasteiger partial charge in [-0.25, -0.2) is 0 Å². The predicted octanol–water partition coefficient (Wildman–Crippen LogP) is 3.71. The van der Waals surface area contributed by atoms with Gasteiger partial charge in [0.1, 0.15) is 0 Å². The summed E-state index contributed by atoms with van der Waals surface area (Å²) < 4.78 is 0.939. The highest BCUT2D eigenvalue weighted by atomic mass is 79.9. The molecule has 92 valence electrons. The van der Waals surface area contributed by atoms with Gasteiger partial charge >= 0.3 is 0 Å². The predicted molar refractivity (Wildman–Crippen MR) is 75.8 cm³/mol. The van der Waals surface area contributed by atoms with Gasteiger partial charge in [-0.2, -0.15) is 0 Å². The number of nitrogens with zero attached hydrogens (tertiary/aromatic N) is 1. The minimum atomic E-state index is -0.123. The van der Waals surface area contributed by atoms with Crippen LogP contribution in [0.3, 0.4) is 0 Å². The first kappa shape index (κ1) is 12.8. The van der Waals surface area contributed by atoms with E-state index in [0.29, 0.717) is 5.56 Å². The third-order valence-corrected chi connectivity index (χ3v) is 3.10. The number of amides is 1. The molecule has 1 heterocycles. The second kappa shape index (κ2) is 5.31. The van der Waals surface area contributed by atoms with E-state index in [0.717, 1.165) is 21.4 Å². The number of nitrogens with one attached hydrogen (secondary N) is 1. The molecule has 18 heavy (non-hydrogen) atoms. The number of pyridine rings is 1. The number of rotatable bonds is 2. The van der Waals surface area contributed by atoms with Crippen molar-refractivity contribution >= 4 is 27.5 Å². The molecule has 0 bridgehead atoms. The highest BCUT2D eigenvalue weighted by Crippen LogP contribution is 2.21. The molecular weight excluding hydrogens is 292 g/mol. The zero-order valence-corrected chi connectivity index (χ0v) is 11.8. The van der Waals surface area contributed by atoms with E-state index >= 15 is 0 Å². The maximum Gasteiger partial charge on any atom is 0.255 e. The molecule has 0 saturated carbocycles. The smallest absolute Gasteiger partial charge is 0.255 e. The quantitative estimate of drug-likeness (QED) is 0.919. The fraction of sp³-hybridized carbons (Fsp3) is 0.143. The van der Waals surface area contributed by atoms with Crippen molar-refractivity contribution in [2.24, 2.45) is 0 Å². The van der Waals surface area contributed by atoms with Gasteiger partial charge in [-0.05, 0) is 43.7 Å². The Morgan fingerprint density at radius 1 is 1.22 bits per heavy atom. The first-order chi connectivity index (χ1) is 8.56. The monoisotopic (exact) mass is 304 g/mol. The van der Waals surface area contributed by atoms with Crippen molar-refractivity contribution in [3.63, 3.8) is 0 Å². The van der Waals surface area contributed by atoms with Crippen molar-refractivity contribution in [2.45, 2.75) is 13.8 Å². The summed E-state index contributed by atoms with van der Waals surface area (Å²) in [5, 5.41) is 2.90. The van der Waals surface area contributed by atoms with Crippen molar-refractivity contribution in [1.82, 2.24) is 4.98 Å². The minimum absolute atomic E-state index is 0.123. The van der Waals surface area contributed by atoms with Crippen molar-refractivity contribution in [3.05, 3.63) is 57.8 Å². The molecule has 0 atom stereocenters. The summed E-state index contributed by atoms with van der Waals surface area (Å²) in [6, 6.07) is 9.26. The van der Waals surface area contributed by atoms with E-state index in [1.54, 1.807) is 18.3 Å². The highest BCUT2D eigenvalue weighted by molar-refractivity contribution is 9.10. The number of halogens is 1. The molecule has 1 amide bonds. The van der Waals surface area contributed by atoms with Crippen LogP contribution in [-0.2, 0) is 0 Å². The maximum atomic E-state index is 12.1. The van der Waals surface area contributed by atoms with Gasteiger partial charge < -0.3 is 5.32 Å². The van der Waals surface area contributed by atoms with Crippen molar-refractivity contribution in [2.75, 3.05) is 5.32 Å². The number of carbonyl (C=O) groups is 1. The number of aromatic nitrogens is 1. The van der Waals surface area contributed by atoms with E-state index in [4.69, 9.17) is 0 Å². The molecule has 1 N–H and O–H groups in total. The average molecular weight is 305 g/mol. The summed E-state index contributed by atoms with van der Waals surface area (Å²) in [5.74, 6) is -0.123. The Labute approximate surface area is 114 Å². The topological polar surface area (TPSA) is 42.0 Å². The van der Waals surface area contributed by atoms with Gasteiger partial charge in [0, 0.05) is 27.6 Å². The van der Waals surface area contributed by atoms with Gasteiger partial charge in [-0.1, -0.05) is 22.0 Å². The number of aryl methyl sites for hydroxylation is 2. The van der Waals surface area contributed by atoms with Crippen LogP contribution in [-0.4, -0.2) is 10.9 Å². The largest absolute Gasteiger partial charge is 0.322 e. The van der Waals surface area contributed by atoms with Crippen LogP contribution in [0.25, 0.3) is 0 Å². The Bertz CT molecular complexity index is 596. The second-order valence-electron chi connectivity index (χ2n) is 4.10. The molecule has 0 aliphatic rings. The minimum Gasteiger partial charge on any atom is -0.322 e. The SMILES string of the molecule is Cc1cc(C(=O)Nc2cc(Br)ccc2C)ccn1. The van der Waals surface area contributed by atoms with E-state index in [9.17, 15) is 4.79 Å². The lowest BCUT2D eigenvalue weighted by Gasteiger charge is -2.09. The van der Waals surface area contributed by atoms with Crippen LogP contribution < -0.4 is 5.32 Å². The van der Waals surface area contributed by atoms with E-state index in [1.165, 1.54) is 0 Å². The van der Waals surface area contributed by atoms with Gasteiger partial charge in [0.25, 0.3) is 5.91 Å². The maximum absolute atomic E-state index is 12.1. The van der Waals surface area contributed by atoms with Crippen molar-refractivity contribution in [3.8, 4) is 0 Å². The Morgan fingerprint density at radius 3 is 2.72 bits per heavy atom. The van der Waals surface area contributed by atoms with Crippen LogP contribution in [0.4, 0.5) is 5.69 Å². The van der Waals surface area contributed by atoms with E-state index < -0.39 is 0 Å². The molecule has 0 radical (unpaired) electrons. The molecule has 1 aromatic heterocycles. The second-order valence-corrected chi connectivity index (χ2v) is 5.01. The third kappa shape index (κ3) is 2.96. The number of hydrogen-bond donors (Lipinski definition) is 1. The van der Waals surface area contributed by atoms with Crippen LogP contribution in [0.1, 0.15) is 21.6 Å². The zero-order valence-electron chi connectivity index (χ0n) is 10.2. The zero-order chi connectivity index (χ0) is 13.1. The molecule has 3 nitrogen and oxygen atoms in total. The molecule has 1 aromatic carbocycles. The molecule has 0 unspecified atom stereocenters. The Kier molecular flexibility index (Phi) is 3.77. The summed E-state index contributed by atoms with van der Waals surface area (Å²) in [6.45, 7) is 3.82. The number of hydrogen-bond acceptors (Lipinski definition) is 2. The molecule has 0 aliphatic heterocycles. The lowest BCUT2D eigenvalue weighted by molar-refractivity contribution is 0.102. The first-order valence-corrected chi connectivity index (χ1v) is 6.36. The number of anilines is 1. The fourth-order valence-electron chi connectivity index (χ4n) is 1.61. The molecule has 0 aliphatic carbocycles. The van der Waals surface area contributed by atoms with Crippen LogP contribution in [0, 0.1) is 13.8 Å². The molecule has 4 heteroatoms. The molecule has 0 spiro atoms. The van der Waals surface area contributed by atoms with Gasteiger partial charge in [-0.15, -0.1) is 0 Å². The third-order valence-electron chi connectivity index (χ3n) is 2.61. The standard InChI is InChI=1S/C14H13BrN2O/c1-9-3-4-12(15)8-13(9)17-14(18)11-5-6-16-10(2)7-11/h3-8H,1-2H3,(H,17,18). The fourth-order valence-corrected chi connectivity index (χ4v) is 1.97. The van der Waals surface area contributed by atoms with Crippen molar-refractivity contribution < 1.29 is 4.79 Å². The molecule has 0 saturated heterocycles. The molecule has 2 aromatic rings. The van der Waals surface area contributed by atoms with Gasteiger partial charge in [0.05, 0.1) is 0 Å². The Balaban J connectivity index is 2.24. The van der Waals surface area contributed by atoms with E-state index in [-0.39, 0.29) is 5.91 Å². The van der Waals surface area contributed by atoms with Crippen LogP contribution in [0.5, 0.6) is 0 Å².